The number of aromatic nitrogens is 1. The minimum absolute atomic E-state index is 0.0858. The molecule has 0 aliphatic rings. The summed E-state index contributed by atoms with van der Waals surface area (Å²) in [7, 11) is 0. The molecule has 0 aliphatic carbocycles. The molecular formula is C20H13ClFN2O. The van der Waals surface area contributed by atoms with Gasteiger partial charge in [0.2, 0.25) is 5.91 Å². The number of fused-ring (bicyclic) bond motifs is 3. The van der Waals surface area contributed by atoms with Crippen molar-refractivity contribution in [1.29, 1.82) is 0 Å². The molecule has 5 heteroatoms. The first-order valence-corrected chi connectivity index (χ1v) is 8.10. The van der Waals surface area contributed by atoms with Crippen LogP contribution in [0.3, 0.4) is 0 Å². The van der Waals surface area contributed by atoms with Gasteiger partial charge in [-0.2, -0.15) is 0 Å². The van der Waals surface area contributed by atoms with Crippen LogP contribution in [-0.2, 0) is 6.54 Å². The Labute approximate surface area is 148 Å². The third kappa shape index (κ3) is 2.46. The Balaban J connectivity index is 2.04. The Bertz CT molecular complexity index is 1130. The summed E-state index contributed by atoms with van der Waals surface area (Å²) < 4.78 is 16.3. The topological polar surface area (TPSA) is 48.0 Å². The Morgan fingerprint density at radius 1 is 1.12 bits per heavy atom. The molecule has 4 rings (SSSR count). The zero-order valence-electron chi connectivity index (χ0n) is 13.1. The SMILES string of the molecule is NC(=O)c1cccc2c1c1[c]cccc1n2Cc1cccc(Cl)c1F. The largest absolute Gasteiger partial charge is 0.366 e. The lowest BCUT2D eigenvalue weighted by molar-refractivity contribution is 0.100. The minimum atomic E-state index is -0.504. The summed E-state index contributed by atoms with van der Waals surface area (Å²) in [6.45, 7) is 0.284. The van der Waals surface area contributed by atoms with E-state index in [1.54, 1.807) is 30.3 Å². The molecular weight excluding hydrogens is 339 g/mol. The molecule has 0 unspecified atom stereocenters. The van der Waals surface area contributed by atoms with Crippen LogP contribution in [-0.4, -0.2) is 10.5 Å². The van der Waals surface area contributed by atoms with Crippen molar-refractivity contribution in [2.24, 2.45) is 5.73 Å². The fraction of sp³-hybridized carbons (Fsp3) is 0.0500. The van der Waals surface area contributed by atoms with Crippen molar-refractivity contribution in [2.75, 3.05) is 0 Å². The normalized spacial score (nSPS) is 11.3. The van der Waals surface area contributed by atoms with Crippen molar-refractivity contribution in [1.82, 2.24) is 4.57 Å². The molecule has 3 nitrogen and oxygen atoms in total. The van der Waals surface area contributed by atoms with E-state index in [1.165, 1.54) is 6.07 Å². The smallest absolute Gasteiger partial charge is 0.249 e. The highest BCUT2D eigenvalue weighted by molar-refractivity contribution is 6.30. The van der Waals surface area contributed by atoms with E-state index < -0.39 is 11.7 Å². The molecule has 0 atom stereocenters. The molecule has 1 aromatic heterocycles. The maximum Gasteiger partial charge on any atom is 0.249 e. The summed E-state index contributed by atoms with van der Waals surface area (Å²) >= 11 is 5.91. The third-order valence-corrected chi connectivity index (χ3v) is 4.63. The van der Waals surface area contributed by atoms with Crippen LogP contribution >= 0.6 is 11.6 Å². The maximum atomic E-state index is 14.4. The highest BCUT2D eigenvalue weighted by Gasteiger charge is 2.17. The number of amides is 1. The predicted molar refractivity (Wildman–Crippen MR) is 97.3 cm³/mol. The van der Waals surface area contributed by atoms with Gasteiger partial charge in [0.1, 0.15) is 5.82 Å². The van der Waals surface area contributed by atoms with Gasteiger partial charge in [-0.1, -0.05) is 41.9 Å². The molecule has 0 aliphatic heterocycles. The average Bonchev–Trinajstić information content (AvgIpc) is 2.93. The average molecular weight is 352 g/mol. The Morgan fingerprint density at radius 3 is 2.68 bits per heavy atom. The maximum absolute atomic E-state index is 14.4. The van der Waals surface area contributed by atoms with E-state index in [2.05, 4.69) is 6.07 Å². The van der Waals surface area contributed by atoms with Gasteiger partial charge in [-0.3, -0.25) is 4.79 Å². The van der Waals surface area contributed by atoms with Gasteiger partial charge in [-0.05, 0) is 30.3 Å². The molecule has 0 saturated heterocycles. The van der Waals surface area contributed by atoms with Gasteiger partial charge in [0.05, 0.1) is 22.6 Å². The number of hydrogen-bond donors (Lipinski definition) is 1. The predicted octanol–water partition coefficient (Wildman–Crippen LogP) is 4.53. The highest BCUT2D eigenvalue weighted by atomic mass is 35.5. The quantitative estimate of drug-likeness (QED) is 0.579. The Kier molecular flexibility index (Phi) is 3.70. The van der Waals surface area contributed by atoms with Crippen LogP contribution in [0, 0.1) is 11.9 Å². The monoisotopic (exact) mass is 351 g/mol. The van der Waals surface area contributed by atoms with Crippen molar-refractivity contribution in [2.45, 2.75) is 6.54 Å². The van der Waals surface area contributed by atoms with E-state index in [-0.39, 0.29) is 11.6 Å². The number of rotatable bonds is 3. The van der Waals surface area contributed by atoms with Gasteiger partial charge < -0.3 is 10.3 Å². The second-order valence-electron chi connectivity index (χ2n) is 5.79. The van der Waals surface area contributed by atoms with Crippen molar-refractivity contribution in [3.63, 3.8) is 0 Å². The van der Waals surface area contributed by atoms with E-state index in [4.69, 9.17) is 17.3 Å². The molecule has 0 bridgehead atoms. The van der Waals surface area contributed by atoms with E-state index >= 15 is 0 Å². The summed E-state index contributed by atoms with van der Waals surface area (Å²) in [6.07, 6.45) is 0. The third-order valence-electron chi connectivity index (χ3n) is 4.33. The lowest BCUT2D eigenvalue weighted by Crippen LogP contribution is -2.11. The van der Waals surface area contributed by atoms with Gasteiger partial charge in [0.15, 0.2) is 0 Å². The van der Waals surface area contributed by atoms with Crippen LogP contribution in [0.5, 0.6) is 0 Å². The van der Waals surface area contributed by atoms with Crippen LogP contribution in [0.2, 0.25) is 5.02 Å². The van der Waals surface area contributed by atoms with Crippen LogP contribution in [0.25, 0.3) is 21.8 Å². The number of nitrogens with two attached hydrogens (primary N) is 1. The number of carbonyl (C=O) groups is 1. The molecule has 0 spiro atoms. The summed E-state index contributed by atoms with van der Waals surface area (Å²) in [6, 6.07) is 19.0. The van der Waals surface area contributed by atoms with E-state index in [9.17, 15) is 9.18 Å². The molecule has 1 radical (unpaired) electrons. The first-order valence-electron chi connectivity index (χ1n) is 7.72. The number of carbonyl (C=O) groups excluding carboxylic acids is 1. The molecule has 25 heavy (non-hydrogen) atoms. The second-order valence-corrected chi connectivity index (χ2v) is 6.20. The fourth-order valence-corrected chi connectivity index (χ4v) is 3.42. The van der Waals surface area contributed by atoms with E-state index in [0.29, 0.717) is 11.1 Å². The van der Waals surface area contributed by atoms with Gasteiger partial charge in [0, 0.05) is 21.9 Å². The number of primary amides is 1. The minimum Gasteiger partial charge on any atom is -0.366 e. The summed E-state index contributed by atoms with van der Waals surface area (Å²) in [5, 5.41) is 1.60. The van der Waals surface area contributed by atoms with E-state index in [1.807, 2.05) is 22.8 Å². The van der Waals surface area contributed by atoms with Gasteiger partial charge >= 0.3 is 0 Å². The van der Waals surface area contributed by atoms with Gasteiger partial charge in [-0.25, -0.2) is 4.39 Å². The van der Waals surface area contributed by atoms with Gasteiger partial charge in [-0.15, -0.1) is 0 Å². The van der Waals surface area contributed by atoms with Crippen LogP contribution < -0.4 is 5.73 Å². The van der Waals surface area contributed by atoms with Crippen LogP contribution in [0.4, 0.5) is 4.39 Å². The fourth-order valence-electron chi connectivity index (χ4n) is 3.23. The Hall–Kier alpha value is -2.85. The molecule has 3 aromatic carbocycles. The van der Waals surface area contributed by atoms with Crippen molar-refractivity contribution in [3.8, 4) is 0 Å². The molecule has 0 fully saturated rings. The standard InChI is InChI=1S/C20H13ClFN2O/c21-15-8-3-5-12(19(15)22)11-24-16-9-2-1-6-13(16)18-14(20(23)25)7-4-10-17(18)24/h1-5,7-10H,11H2,(H2,23,25). The lowest BCUT2D eigenvalue weighted by atomic mass is 10.1. The number of hydrogen-bond acceptors (Lipinski definition) is 1. The first kappa shape index (κ1) is 15.7. The van der Waals surface area contributed by atoms with Crippen molar-refractivity contribution in [3.05, 3.63) is 82.6 Å². The first-order chi connectivity index (χ1) is 12.1. The summed E-state index contributed by atoms with van der Waals surface area (Å²) in [4.78, 5) is 11.8. The lowest BCUT2D eigenvalue weighted by Gasteiger charge is -2.09. The highest BCUT2D eigenvalue weighted by Crippen LogP contribution is 2.32. The molecule has 2 N–H and O–H groups in total. The molecule has 1 heterocycles. The van der Waals surface area contributed by atoms with Gasteiger partial charge in [0.25, 0.3) is 0 Å². The molecule has 1 amide bonds. The zero-order chi connectivity index (χ0) is 17.6. The second kappa shape index (κ2) is 5.90. The zero-order valence-corrected chi connectivity index (χ0v) is 13.8. The van der Waals surface area contributed by atoms with Crippen molar-refractivity contribution < 1.29 is 9.18 Å². The summed E-state index contributed by atoms with van der Waals surface area (Å²) in [5.74, 6) is -0.944. The molecule has 0 saturated carbocycles. The van der Waals surface area contributed by atoms with Crippen LogP contribution in [0.15, 0.2) is 54.6 Å². The number of halogens is 2. The van der Waals surface area contributed by atoms with Crippen molar-refractivity contribution >= 4 is 39.3 Å². The molecule has 123 valence electrons. The van der Waals surface area contributed by atoms with Crippen LogP contribution in [0.1, 0.15) is 15.9 Å². The molecule has 4 aromatic rings. The number of benzene rings is 3. The summed E-state index contributed by atoms with van der Waals surface area (Å²) in [5.41, 5.74) is 8.09. The Morgan fingerprint density at radius 2 is 1.88 bits per heavy atom. The number of nitrogens with zero attached hydrogens (tertiary/aromatic N) is 1. The van der Waals surface area contributed by atoms with E-state index in [0.717, 1.165) is 21.8 Å².